The second-order valence-electron chi connectivity index (χ2n) is 2.95. The lowest BCUT2D eigenvalue weighted by Crippen LogP contribution is -1.91. The van der Waals surface area contributed by atoms with Crippen molar-refractivity contribution in [3.8, 4) is 0 Å². The summed E-state index contributed by atoms with van der Waals surface area (Å²) in [5.41, 5.74) is 0.895. The third kappa shape index (κ3) is 3.39. The van der Waals surface area contributed by atoms with Crippen LogP contribution in [0, 0.1) is 0 Å². The van der Waals surface area contributed by atoms with E-state index in [1.54, 1.807) is 17.8 Å². The predicted octanol–water partition coefficient (Wildman–Crippen LogP) is 3.69. The van der Waals surface area contributed by atoms with E-state index >= 15 is 0 Å². The summed E-state index contributed by atoms with van der Waals surface area (Å²) in [6.07, 6.45) is 3.90. The highest BCUT2D eigenvalue weighted by Crippen LogP contribution is 2.20. The molecule has 2 nitrogen and oxygen atoms in total. The maximum atomic E-state index is 10.9. The van der Waals surface area contributed by atoms with E-state index in [2.05, 4.69) is 6.92 Å². The van der Waals surface area contributed by atoms with Crippen molar-refractivity contribution < 1.29 is 9.21 Å². The largest absolute Gasteiger partial charge is 0.460 e. The van der Waals surface area contributed by atoms with E-state index in [4.69, 9.17) is 16.0 Å². The number of hydrogen-bond donors (Lipinski definition) is 0. The number of rotatable bonds is 6. The van der Waals surface area contributed by atoms with Crippen LogP contribution in [0.5, 0.6) is 0 Å². The number of furan rings is 1. The molecule has 0 radical (unpaired) electrons. The van der Waals surface area contributed by atoms with Gasteiger partial charge >= 0.3 is 0 Å². The number of thioether (sulfide) groups is 1. The number of carbonyl (C=O) groups excluding carboxylic acids is 1. The van der Waals surface area contributed by atoms with Gasteiger partial charge in [-0.15, -0.1) is 0 Å². The summed E-state index contributed by atoms with van der Waals surface area (Å²) in [6.45, 7) is 2.16. The first-order valence-corrected chi connectivity index (χ1v) is 6.13. The molecule has 78 valence electrons. The molecule has 4 heteroatoms. The Morgan fingerprint density at radius 2 is 2.43 bits per heavy atom. The van der Waals surface area contributed by atoms with Crippen LogP contribution in [0.4, 0.5) is 0 Å². The zero-order chi connectivity index (χ0) is 10.4. The van der Waals surface area contributed by atoms with Crippen LogP contribution in [-0.4, -0.2) is 11.0 Å². The molecule has 0 fully saturated rings. The maximum absolute atomic E-state index is 10.9. The normalized spacial score (nSPS) is 10.4. The molecule has 0 bridgehead atoms. The maximum Gasteiger partial charge on any atom is 0.288 e. The van der Waals surface area contributed by atoms with Crippen LogP contribution in [0.15, 0.2) is 16.7 Å². The van der Waals surface area contributed by atoms with Crippen molar-refractivity contribution in [3.05, 3.63) is 23.7 Å². The zero-order valence-electron chi connectivity index (χ0n) is 8.09. The van der Waals surface area contributed by atoms with Gasteiger partial charge in [0.15, 0.2) is 5.76 Å². The quantitative estimate of drug-likeness (QED) is 0.554. The minimum absolute atomic E-state index is 0.288. The summed E-state index contributed by atoms with van der Waals surface area (Å²) in [5.74, 6) is 2.19. The number of hydrogen-bond acceptors (Lipinski definition) is 3. The molecule has 1 aromatic heterocycles. The molecule has 0 saturated carbocycles. The van der Waals surface area contributed by atoms with Gasteiger partial charge in [0.2, 0.25) is 0 Å². The molecule has 0 aromatic carbocycles. The van der Waals surface area contributed by atoms with E-state index in [1.165, 1.54) is 19.1 Å². The van der Waals surface area contributed by atoms with E-state index in [1.807, 2.05) is 0 Å². The Bertz CT molecular complexity index is 296. The Balaban J connectivity index is 2.42. The molecule has 0 N–H and O–H groups in total. The monoisotopic (exact) mass is 232 g/mol. The van der Waals surface area contributed by atoms with Crippen molar-refractivity contribution in [3.63, 3.8) is 0 Å². The molecule has 0 spiro atoms. The Hall–Kier alpha value is -0.410. The van der Waals surface area contributed by atoms with E-state index in [0.29, 0.717) is 0 Å². The first-order valence-electron chi connectivity index (χ1n) is 4.59. The average Bonchev–Trinajstić information content (AvgIpc) is 2.60. The SMILES string of the molecule is CCCCSCc1ccoc1C(=O)Cl. The summed E-state index contributed by atoms with van der Waals surface area (Å²) < 4.78 is 4.99. The van der Waals surface area contributed by atoms with Crippen LogP contribution in [0.1, 0.15) is 35.9 Å². The molecule has 1 heterocycles. The fourth-order valence-electron chi connectivity index (χ4n) is 1.05. The van der Waals surface area contributed by atoms with E-state index in [9.17, 15) is 4.79 Å². The lowest BCUT2D eigenvalue weighted by Gasteiger charge is -1.98. The summed E-state index contributed by atoms with van der Waals surface area (Å²) in [4.78, 5) is 10.9. The molecule has 1 rings (SSSR count). The second-order valence-corrected chi connectivity index (χ2v) is 4.40. The average molecular weight is 233 g/mol. The van der Waals surface area contributed by atoms with E-state index in [0.717, 1.165) is 17.1 Å². The first kappa shape index (κ1) is 11.7. The topological polar surface area (TPSA) is 30.2 Å². The van der Waals surface area contributed by atoms with Crippen LogP contribution >= 0.6 is 23.4 Å². The van der Waals surface area contributed by atoms with Crippen molar-refractivity contribution in [1.82, 2.24) is 0 Å². The van der Waals surface area contributed by atoms with Crippen molar-refractivity contribution in [2.75, 3.05) is 5.75 Å². The van der Waals surface area contributed by atoms with Gasteiger partial charge in [0.1, 0.15) is 0 Å². The Labute approximate surface area is 93.0 Å². The number of unbranched alkanes of at least 4 members (excludes halogenated alkanes) is 1. The number of carbonyl (C=O) groups is 1. The van der Waals surface area contributed by atoms with Crippen LogP contribution in [-0.2, 0) is 5.75 Å². The summed E-state index contributed by atoms with van der Waals surface area (Å²) in [5, 5.41) is -0.513. The Kier molecular flexibility index (Phi) is 5.12. The molecule has 0 saturated heterocycles. The standard InChI is InChI=1S/C10H13ClO2S/c1-2-3-6-14-7-8-4-5-13-9(8)10(11)12/h4-5H,2-3,6-7H2,1H3. The molecule has 0 amide bonds. The summed E-state index contributed by atoms with van der Waals surface area (Å²) in [6, 6.07) is 1.80. The molecule has 0 aliphatic carbocycles. The summed E-state index contributed by atoms with van der Waals surface area (Å²) >= 11 is 7.14. The molecular weight excluding hydrogens is 220 g/mol. The van der Waals surface area contributed by atoms with Gasteiger partial charge in [-0.2, -0.15) is 11.8 Å². The van der Waals surface area contributed by atoms with Crippen molar-refractivity contribution in [2.24, 2.45) is 0 Å². The van der Waals surface area contributed by atoms with Gasteiger partial charge < -0.3 is 4.42 Å². The minimum Gasteiger partial charge on any atom is -0.460 e. The fourth-order valence-corrected chi connectivity index (χ4v) is 2.30. The van der Waals surface area contributed by atoms with Gasteiger partial charge in [-0.05, 0) is 29.8 Å². The van der Waals surface area contributed by atoms with Crippen molar-refractivity contribution in [2.45, 2.75) is 25.5 Å². The van der Waals surface area contributed by atoms with Gasteiger partial charge in [0, 0.05) is 11.3 Å². The van der Waals surface area contributed by atoms with Gasteiger partial charge in [-0.1, -0.05) is 13.3 Å². The highest BCUT2D eigenvalue weighted by atomic mass is 35.5. The number of halogens is 1. The third-order valence-corrected chi connectivity index (χ3v) is 3.09. The molecule has 0 unspecified atom stereocenters. The van der Waals surface area contributed by atoms with E-state index < -0.39 is 5.24 Å². The molecule has 14 heavy (non-hydrogen) atoms. The van der Waals surface area contributed by atoms with Crippen LogP contribution < -0.4 is 0 Å². The molecular formula is C10H13ClO2S. The van der Waals surface area contributed by atoms with Gasteiger partial charge in [-0.3, -0.25) is 4.79 Å². The van der Waals surface area contributed by atoms with E-state index in [-0.39, 0.29) is 5.76 Å². The highest BCUT2D eigenvalue weighted by Gasteiger charge is 2.12. The van der Waals surface area contributed by atoms with Gasteiger partial charge in [0.25, 0.3) is 5.24 Å². The molecule has 0 atom stereocenters. The third-order valence-electron chi connectivity index (χ3n) is 1.83. The summed E-state index contributed by atoms with van der Waals surface area (Å²) in [7, 11) is 0. The van der Waals surface area contributed by atoms with Crippen LogP contribution in [0.25, 0.3) is 0 Å². The lowest BCUT2D eigenvalue weighted by atomic mass is 10.3. The Morgan fingerprint density at radius 3 is 3.07 bits per heavy atom. The van der Waals surface area contributed by atoms with Gasteiger partial charge in [0.05, 0.1) is 6.26 Å². The minimum atomic E-state index is -0.513. The van der Waals surface area contributed by atoms with Gasteiger partial charge in [-0.25, -0.2) is 0 Å². The molecule has 0 aliphatic heterocycles. The lowest BCUT2D eigenvalue weighted by molar-refractivity contribution is 0.105. The van der Waals surface area contributed by atoms with Crippen molar-refractivity contribution >= 4 is 28.6 Å². The fraction of sp³-hybridized carbons (Fsp3) is 0.500. The smallest absolute Gasteiger partial charge is 0.288 e. The first-order chi connectivity index (χ1) is 6.75. The second kappa shape index (κ2) is 6.14. The highest BCUT2D eigenvalue weighted by molar-refractivity contribution is 7.98. The predicted molar refractivity (Wildman–Crippen MR) is 60.0 cm³/mol. The van der Waals surface area contributed by atoms with Crippen LogP contribution in [0.3, 0.4) is 0 Å². The van der Waals surface area contributed by atoms with Crippen LogP contribution in [0.2, 0.25) is 0 Å². The zero-order valence-corrected chi connectivity index (χ0v) is 9.66. The molecule has 0 aliphatic rings. The molecule has 1 aromatic rings. The Morgan fingerprint density at radius 1 is 1.64 bits per heavy atom. The van der Waals surface area contributed by atoms with Crippen molar-refractivity contribution in [1.29, 1.82) is 0 Å².